The van der Waals surface area contributed by atoms with Crippen LogP contribution in [0.4, 0.5) is 23.2 Å². The van der Waals surface area contributed by atoms with E-state index >= 15 is 4.39 Å². The average Bonchev–Trinajstić information content (AvgIpc) is 3.63. The number of benzene rings is 1. The summed E-state index contributed by atoms with van der Waals surface area (Å²) in [5.41, 5.74) is 0.323. The number of alkyl halides is 3. The number of aromatic nitrogens is 2. The second kappa shape index (κ2) is 18.3. The third kappa shape index (κ3) is 10.1. The van der Waals surface area contributed by atoms with Gasteiger partial charge in [0, 0.05) is 31.9 Å². The normalized spacial score (nSPS) is 19.9. The first-order chi connectivity index (χ1) is 24.5. The van der Waals surface area contributed by atoms with Gasteiger partial charge in [-0.05, 0) is 55.4 Å². The predicted octanol–water partition coefficient (Wildman–Crippen LogP) is 6.21. The number of ether oxygens (including phenoxy) is 1. The van der Waals surface area contributed by atoms with Crippen LogP contribution in [0.15, 0.2) is 30.5 Å². The lowest BCUT2D eigenvalue weighted by atomic mass is 9.66. The topological polar surface area (TPSA) is 118 Å². The van der Waals surface area contributed by atoms with Gasteiger partial charge in [-0.15, -0.1) is 0 Å². The van der Waals surface area contributed by atoms with Gasteiger partial charge in [0.05, 0.1) is 24.8 Å². The summed E-state index contributed by atoms with van der Waals surface area (Å²) in [6.45, 7) is 5.58. The minimum absolute atomic E-state index is 0.0296. The van der Waals surface area contributed by atoms with Crippen LogP contribution in [0.1, 0.15) is 106 Å². The number of amides is 3. The van der Waals surface area contributed by atoms with Crippen LogP contribution in [0.5, 0.6) is 0 Å². The van der Waals surface area contributed by atoms with Crippen molar-refractivity contribution in [2.75, 3.05) is 38.2 Å². The first-order valence-corrected chi connectivity index (χ1v) is 18.5. The highest BCUT2D eigenvalue weighted by Gasteiger charge is 2.42. The van der Waals surface area contributed by atoms with E-state index in [0.29, 0.717) is 32.0 Å². The van der Waals surface area contributed by atoms with E-state index in [1.54, 1.807) is 22.3 Å². The number of morpholine rings is 1. The Kier molecular flexibility index (Phi) is 13.9. The summed E-state index contributed by atoms with van der Waals surface area (Å²) >= 11 is 0. The van der Waals surface area contributed by atoms with Gasteiger partial charge < -0.3 is 20.7 Å². The van der Waals surface area contributed by atoms with E-state index in [9.17, 15) is 27.6 Å². The van der Waals surface area contributed by atoms with E-state index < -0.39 is 48.2 Å². The zero-order chi connectivity index (χ0) is 36.5. The minimum Gasteiger partial charge on any atom is -0.379 e. The fourth-order valence-electron chi connectivity index (χ4n) is 8.17. The van der Waals surface area contributed by atoms with Crippen molar-refractivity contribution < 1.29 is 36.7 Å². The molecular weight excluding hydrogens is 668 g/mol. The van der Waals surface area contributed by atoms with Gasteiger partial charge in [-0.3, -0.25) is 24.0 Å². The Morgan fingerprint density at radius 2 is 1.51 bits per heavy atom. The zero-order valence-corrected chi connectivity index (χ0v) is 29.6. The maximum atomic E-state index is 15.9. The van der Waals surface area contributed by atoms with E-state index in [-0.39, 0.29) is 41.6 Å². The number of rotatable bonds is 14. The summed E-state index contributed by atoms with van der Waals surface area (Å²) < 4.78 is 62.7. The quantitative estimate of drug-likeness (QED) is 0.158. The van der Waals surface area contributed by atoms with E-state index in [0.717, 1.165) is 70.3 Å². The smallest absolute Gasteiger partial charge is 0.287 e. The third-order valence-electron chi connectivity index (χ3n) is 10.8. The molecule has 2 aromatic rings. The molecule has 3 atom stereocenters. The number of carbonyl (C=O) groups excluding carboxylic acids is 3. The van der Waals surface area contributed by atoms with Gasteiger partial charge in [0.2, 0.25) is 18.1 Å². The molecule has 2 saturated carbocycles. The van der Waals surface area contributed by atoms with Crippen LogP contribution < -0.4 is 16.0 Å². The summed E-state index contributed by atoms with van der Waals surface area (Å²) in [6.07, 6.45) is 5.50. The predicted molar refractivity (Wildman–Crippen MR) is 185 cm³/mol. The lowest BCUT2D eigenvalue weighted by Gasteiger charge is -2.42. The monoisotopic (exact) mass is 720 g/mol. The van der Waals surface area contributed by atoms with Crippen molar-refractivity contribution in [3.05, 3.63) is 47.5 Å². The number of nitrogens with one attached hydrogen (secondary N) is 3. The molecule has 2 aliphatic carbocycles. The second-order valence-corrected chi connectivity index (χ2v) is 14.5. The summed E-state index contributed by atoms with van der Waals surface area (Å²) in [7, 11) is 0. The molecule has 14 heteroatoms. The molecule has 5 rings (SSSR count). The van der Waals surface area contributed by atoms with Crippen molar-refractivity contribution in [3.8, 4) is 0 Å². The molecule has 1 aliphatic heterocycles. The third-order valence-corrected chi connectivity index (χ3v) is 10.8. The van der Waals surface area contributed by atoms with Crippen LogP contribution in [0.25, 0.3) is 0 Å². The molecule has 2 unspecified atom stereocenters. The first kappa shape index (κ1) is 38.7. The highest BCUT2D eigenvalue weighted by atomic mass is 19.3. The van der Waals surface area contributed by atoms with Crippen molar-refractivity contribution in [2.24, 2.45) is 17.8 Å². The number of hydrogen-bond acceptors (Lipinski definition) is 6. The Morgan fingerprint density at radius 3 is 2.08 bits per heavy atom. The zero-order valence-electron chi connectivity index (χ0n) is 29.6. The second-order valence-electron chi connectivity index (χ2n) is 14.5. The molecule has 10 nitrogen and oxygen atoms in total. The Labute approximate surface area is 297 Å². The Bertz CT molecular complexity index is 1440. The molecule has 51 heavy (non-hydrogen) atoms. The molecule has 3 fully saturated rings. The molecule has 3 N–H and O–H groups in total. The van der Waals surface area contributed by atoms with Crippen LogP contribution in [0, 0.1) is 23.6 Å². The van der Waals surface area contributed by atoms with E-state index in [1.807, 2.05) is 18.7 Å². The van der Waals surface area contributed by atoms with Crippen LogP contribution in [0.2, 0.25) is 0 Å². The standard InChI is InChI=1S/C37H52F4N6O4/c1-23(2)47-30(15-16-42-47)36(49)44-32(31(24-9-5-3-6-10-24)25-11-7-4-8-12-25)37(50)43-29-14-13-26(21-28(29)38)27(22-46-17-19-51-20-18-46)35(48)45-34(41)33(39)40/h13-16,21,23-25,27,31-34H,3-12,17-20,22H2,1-2H3,(H,43,50)(H,44,49)(H,45,48)/t27?,32-,34?/m0/s1. The van der Waals surface area contributed by atoms with Crippen LogP contribution in [0.3, 0.4) is 0 Å². The summed E-state index contributed by atoms with van der Waals surface area (Å²) in [5.74, 6) is -3.71. The van der Waals surface area contributed by atoms with Crippen molar-refractivity contribution in [3.63, 3.8) is 0 Å². The van der Waals surface area contributed by atoms with E-state index in [2.05, 4.69) is 15.7 Å². The van der Waals surface area contributed by atoms with Crippen molar-refractivity contribution >= 4 is 23.4 Å². The number of anilines is 1. The van der Waals surface area contributed by atoms with E-state index in [1.165, 1.54) is 12.1 Å². The number of carbonyl (C=O) groups is 3. The molecule has 3 aliphatic rings. The van der Waals surface area contributed by atoms with Gasteiger partial charge >= 0.3 is 0 Å². The van der Waals surface area contributed by atoms with Crippen molar-refractivity contribution in [1.82, 2.24) is 25.3 Å². The van der Waals surface area contributed by atoms with Gasteiger partial charge in [-0.2, -0.15) is 5.10 Å². The summed E-state index contributed by atoms with van der Waals surface area (Å²) in [4.78, 5) is 43.2. The highest BCUT2D eigenvalue weighted by Crippen LogP contribution is 2.42. The average molecular weight is 721 g/mol. The van der Waals surface area contributed by atoms with Gasteiger partial charge in [0.15, 0.2) is 0 Å². The number of hydrogen-bond donors (Lipinski definition) is 3. The fourth-order valence-corrected chi connectivity index (χ4v) is 8.17. The molecule has 3 amide bonds. The number of halogens is 4. The van der Waals surface area contributed by atoms with Crippen molar-refractivity contribution in [1.29, 1.82) is 0 Å². The Balaban J connectivity index is 1.43. The van der Waals surface area contributed by atoms with Crippen LogP contribution in [-0.4, -0.2) is 84.0 Å². The molecule has 1 aromatic carbocycles. The molecule has 0 bridgehead atoms. The maximum Gasteiger partial charge on any atom is 0.287 e. The van der Waals surface area contributed by atoms with Crippen molar-refractivity contribution in [2.45, 2.75) is 109 Å². The van der Waals surface area contributed by atoms with Gasteiger partial charge in [0.1, 0.15) is 17.6 Å². The molecular formula is C37H52F4N6O4. The van der Waals surface area contributed by atoms with Gasteiger partial charge in [-0.25, -0.2) is 17.6 Å². The van der Waals surface area contributed by atoms with Gasteiger partial charge in [-0.1, -0.05) is 70.3 Å². The maximum absolute atomic E-state index is 15.9. The Morgan fingerprint density at radius 1 is 0.882 bits per heavy atom. The summed E-state index contributed by atoms with van der Waals surface area (Å²) in [5, 5.41) is 11.8. The molecule has 282 valence electrons. The molecule has 2 heterocycles. The van der Waals surface area contributed by atoms with Crippen LogP contribution >= 0.6 is 0 Å². The SMILES string of the molecule is CC(C)n1nccc1C(=O)N[C@H](C(=O)Nc1ccc(C(CN2CCOCC2)C(=O)NC(F)C(F)F)cc1F)C(C1CCCCC1)C1CCCCC1. The lowest BCUT2D eigenvalue weighted by molar-refractivity contribution is -0.127. The van der Waals surface area contributed by atoms with Gasteiger partial charge in [0.25, 0.3) is 12.3 Å². The largest absolute Gasteiger partial charge is 0.379 e. The molecule has 1 aromatic heterocycles. The Hall–Kier alpha value is -3.52. The molecule has 0 radical (unpaired) electrons. The molecule has 1 saturated heterocycles. The fraction of sp³-hybridized carbons (Fsp3) is 0.676. The van der Waals surface area contributed by atoms with Crippen LogP contribution in [-0.2, 0) is 14.3 Å². The minimum atomic E-state index is -3.42. The summed E-state index contributed by atoms with van der Waals surface area (Å²) in [6, 6.07) is 4.42. The highest BCUT2D eigenvalue weighted by molar-refractivity contribution is 6.01. The van der Waals surface area contributed by atoms with E-state index in [4.69, 9.17) is 4.74 Å². The molecule has 0 spiro atoms. The number of nitrogens with zero attached hydrogens (tertiary/aromatic N) is 3. The first-order valence-electron chi connectivity index (χ1n) is 18.5. The lowest BCUT2D eigenvalue weighted by Crippen LogP contribution is -2.53.